The first-order valence-corrected chi connectivity index (χ1v) is 3.47. The summed E-state index contributed by atoms with van der Waals surface area (Å²) in [4.78, 5) is 10.8. The van der Waals surface area contributed by atoms with E-state index in [2.05, 4.69) is 22.5 Å². The number of nitrogens with one attached hydrogen (secondary N) is 2. The van der Waals surface area contributed by atoms with Crippen LogP contribution < -0.4 is 16.4 Å². The molecule has 1 rings (SSSR count). The first kappa shape index (κ1) is 7.89. The van der Waals surface area contributed by atoms with Crippen molar-refractivity contribution in [3.05, 3.63) is 0 Å². The van der Waals surface area contributed by atoms with Crippen molar-refractivity contribution in [1.82, 2.24) is 10.6 Å². The normalized spacial score (nSPS) is 29.5. The molecule has 0 bridgehead atoms. The van der Waals surface area contributed by atoms with Gasteiger partial charge in [-0.3, -0.25) is 0 Å². The van der Waals surface area contributed by atoms with Crippen LogP contribution in [0, 0.1) is 11.8 Å². The van der Waals surface area contributed by atoms with Crippen LogP contribution in [0.3, 0.4) is 0 Å². The van der Waals surface area contributed by atoms with Gasteiger partial charge < -0.3 is 16.4 Å². The van der Waals surface area contributed by atoms with Gasteiger partial charge in [-0.05, 0) is 6.92 Å². The molecule has 4 nitrogen and oxygen atoms in total. The van der Waals surface area contributed by atoms with Gasteiger partial charge in [0.2, 0.25) is 0 Å². The third-order valence-corrected chi connectivity index (χ3v) is 1.43. The average molecular weight is 153 g/mol. The lowest BCUT2D eigenvalue weighted by molar-refractivity contribution is 0.225. The minimum Gasteiger partial charge on any atom is -0.324 e. The molecule has 2 atom stereocenters. The molecule has 0 aliphatic carbocycles. The van der Waals surface area contributed by atoms with Crippen molar-refractivity contribution in [2.24, 2.45) is 5.73 Å². The van der Waals surface area contributed by atoms with E-state index in [0.29, 0.717) is 6.42 Å². The molecule has 1 heterocycles. The van der Waals surface area contributed by atoms with Gasteiger partial charge in [-0.25, -0.2) is 4.79 Å². The molecule has 4 heteroatoms. The van der Waals surface area contributed by atoms with Crippen molar-refractivity contribution in [2.75, 3.05) is 0 Å². The minimum absolute atomic E-state index is 0.0938. The van der Waals surface area contributed by atoms with Crippen molar-refractivity contribution >= 4 is 6.03 Å². The Labute approximate surface area is 65.5 Å². The summed E-state index contributed by atoms with van der Waals surface area (Å²) in [6, 6.07) is -0.333. The molecule has 60 valence electrons. The van der Waals surface area contributed by atoms with E-state index in [1.54, 1.807) is 6.92 Å². The highest BCUT2D eigenvalue weighted by Gasteiger charge is 2.20. The Hall–Kier alpha value is -1.21. The number of hydrogen-bond donors (Lipinski definition) is 3. The monoisotopic (exact) mass is 153 g/mol. The van der Waals surface area contributed by atoms with E-state index in [0.717, 1.165) is 0 Å². The lowest BCUT2D eigenvalue weighted by Gasteiger charge is -2.25. The summed E-state index contributed by atoms with van der Waals surface area (Å²) < 4.78 is 0. The Kier molecular flexibility index (Phi) is 2.34. The molecule has 0 spiro atoms. The van der Waals surface area contributed by atoms with Crippen molar-refractivity contribution in [3.63, 3.8) is 0 Å². The molecule has 11 heavy (non-hydrogen) atoms. The van der Waals surface area contributed by atoms with Crippen LogP contribution in [0.1, 0.15) is 13.3 Å². The van der Waals surface area contributed by atoms with E-state index < -0.39 is 0 Å². The van der Waals surface area contributed by atoms with Gasteiger partial charge >= 0.3 is 6.03 Å². The maximum Gasteiger partial charge on any atom is 0.316 e. The maximum absolute atomic E-state index is 10.8. The third-order valence-electron chi connectivity index (χ3n) is 1.43. The molecule has 0 radical (unpaired) electrons. The van der Waals surface area contributed by atoms with Gasteiger partial charge in [-0.2, -0.15) is 0 Å². The molecular formula is C7H11N3O. The Morgan fingerprint density at radius 1 is 1.64 bits per heavy atom. The zero-order valence-electron chi connectivity index (χ0n) is 6.35. The molecule has 1 fully saturated rings. The molecule has 2 unspecified atom stereocenters. The van der Waals surface area contributed by atoms with Crippen LogP contribution in [-0.2, 0) is 0 Å². The summed E-state index contributed by atoms with van der Waals surface area (Å²) in [5.74, 6) is 5.57. The second-order valence-electron chi connectivity index (χ2n) is 2.41. The van der Waals surface area contributed by atoms with E-state index in [-0.39, 0.29) is 18.2 Å². The summed E-state index contributed by atoms with van der Waals surface area (Å²) >= 11 is 0. The van der Waals surface area contributed by atoms with Gasteiger partial charge in [0.15, 0.2) is 0 Å². The highest BCUT2D eigenvalue weighted by Crippen LogP contribution is 1.98. The molecule has 0 aromatic rings. The van der Waals surface area contributed by atoms with Gasteiger partial charge in [-0.1, -0.05) is 5.92 Å². The second kappa shape index (κ2) is 3.26. The summed E-state index contributed by atoms with van der Waals surface area (Å²) in [6.07, 6.45) is 0.390. The first-order valence-electron chi connectivity index (χ1n) is 3.47. The van der Waals surface area contributed by atoms with Crippen LogP contribution in [-0.4, -0.2) is 18.2 Å². The maximum atomic E-state index is 10.8. The highest BCUT2D eigenvalue weighted by atomic mass is 16.2. The lowest BCUT2D eigenvalue weighted by Crippen LogP contribution is -2.57. The molecule has 0 saturated carbocycles. The summed E-state index contributed by atoms with van der Waals surface area (Å²) in [5.41, 5.74) is 5.51. The van der Waals surface area contributed by atoms with Crippen molar-refractivity contribution in [1.29, 1.82) is 0 Å². The fourth-order valence-corrected chi connectivity index (χ4v) is 1.01. The molecule has 1 aliphatic heterocycles. The molecule has 2 amide bonds. The zero-order valence-corrected chi connectivity index (χ0v) is 6.35. The molecule has 1 saturated heterocycles. The van der Waals surface area contributed by atoms with Crippen molar-refractivity contribution in [2.45, 2.75) is 25.6 Å². The third kappa shape index (κ3) is 2.13. The molecule has 1 aliphatic rings. The average Bonchev–Trinajstić information content (AvgIpc) is 1.85. The predicted octanol–water partition coefficient (Wildman–Crippen LogP) is -0.634. The van der Waals surface area contributed by atoms with Crippen LogP contribution in [0.2, 0.25) is 0 Å². The highest BCUT2D eigenvalue weighted by molar-refractivity contribution is 5.75. The van der Waals surface area contributed by atoms with Gasteiger partial charge in [0.25, 0.3) is 0 Å². The number of amides is 2. The van der Waals surface area contributed by atoms with Gasteiger partial charge in [0.05, 0.1) is 12.2 Å². The smallest absolute Gasteiger partial charge is 0.316 e. The number of rotatable bonds is 0. The summed E-state index contributed by atoms with van der Waals surface area (Å²) in [5, 5.41) is 5.17. The fourth-order valence-electron chi connectivity index (χ4n) is 1.01. The van der Waals surface area contributed by atoms with Crippen LogP contribution >= 0.6 is 0 Å². The Bertz CT molecular complexity index is 215. The van der Waals surface area contributed by atoms with Gasteiger partial charge in [-0.15, -0.1) is 5.92 Å². The number of carbonyl (C=O) groups excluding carboxylic acids is 1. The number of carbonyl (C=O) groups is 1. The number of hydrogen-bond acceptors (Lipinski definition) is 2. The largest absolute Gasteiger partial charge is 0.324 e. The Morgan fingerprint density at radius 3 is 2.91 bits per heavy atom. The second-order valence-corrected chi connectivity index (χ2v) is 2.41. The van der Waals surface area contributed by atoms with E-state index in [9.17, 15) is 4.79 Å². The van der Waals surface area contributed by atoms with Crippen LogP contribution in [0.25, 0.3) is 0 Å². The van der Waals surface area contributed by atoms with Crippen molar-refractivity contribution in [3.8, 4) is 11.8 Å². The van der Waals surface area contributed by atoms with Crippen LogP contribution in [0.15, 0.2) is 0 Å². The predicted molar refractivity (Wildman–Crippen MR) is 41.5 cm³/mol. The topological polar surface area (TPSA) is 67.1 Å². The molecule has 4 N–H and O–H groups in total. The Balaban J connectivity index is 2.54. The fraction of sp³-hybridized carbons (Fsp3) is 0.571. The number of nitrogens with two attached hydrogens (primary N) is 1. The van der Waals surface area contributed by atoms with E-state index >= 15 is 0 Å². The van der Waals surface area contributed by atoms with Gasteiger partial charge in [0, 0.05) is 6.42 Å². The van der Waals surface area contributed by atoms with E-state index in [1.807, 2.05) is 0 Å². The van der Waals surface area contributed by atoms with Gasteiger partial charge in [0.1, 0.15) is 0 Å². The summed E-state index contributed by atoms with van der Waals surface area (Å²) in [7, 11) is 0. The van der Waals surface area contributed by atoms with Crippen LogP contribution in [0.5, 0.6) is 0 Å². The molecule has 0 aromatic carbocycles. The number of urea groups is 1. The lowest BCUT2D eigenvalue weighted by atomic mass is 10.1. The Morgan fingerprint density at radius 2 is 2.36 bits per heavy atom. The summed E-state index contributed by atoms with van der Waals surface area (Å²) in [6.45, 7) is 1.74. The standard InChI is InChI=1S/C7H11N3O/c1-2-3-5-4-6(8)10-7(11)9-5/h5-6H,4,8H2,1H3,(H2,9,10,11). The van der Waals surface area contributed by atoms with Crippen molar-refractivity contribution < 1.29 is 4.79 Å². The quantitative estimate of drug-likeness (QED) is 0.405. The first-order chi connectivity index (χ1) is 5.22. The van der Waals surface area contributed by atoms with E-state index in [1.165, 1.54) is 0 Å². The minimum atomic E-state index is -0.269. The van der Waals surface area contributed by atoms with Crippen LogP contribution in [0.4, 0.5) is 4.79 Å². The molecule has 0 aromatic heterocycles. The van der Waals surface area contributed by atoms with E-state index in [4.69, 9.17) is 5.73 Å². The SMILES string of the molecule is CC#CC1CC(N)NC(=O)N1. The zero-order chi connectivity index (χ0) is 8.27. The molecular weight excluding hydrogens is 142 g/mol.